The second kappa shape index (κ2) is 6.96. The molecule has 0 heterocycles. The van der Waals surface area contributed by atoms with E-state index in [2.05, 4.69) is 10.6 Å². The van der Waals surface area contributed by atoms with E-state index in [1.807, 2.05) is 0 Å². The summed E-state index contributed by atoms with van der Waals surface area (Å²) in [5.74, 6) is -1.15. The van der Waals surface area contributed by atoms with Gasteiger partial charge in [0.25, 0.3) is 5.91 Å². The van der Waals surface area contributed by atoms with Gasteiger partial charge >= 0.3 is 0 Å². The van der Waals surface area contributed by atoms with E-state index in [4.69, 9.17) is 11.6 Å². The number of benzene rings is 1. The third-order valence-electron chi connectivity index (χ3n) is 2.16. The molecule has 1 atom stereocenters. The van der Waals surface area contributed by atoms with Crippen LogP contribution in [0.15, 0.2) is 24.3 Å². The standard InChI is InChI=1S/C12H14ClFN2O2/c1-8(13)11(17)15-5-6-16-12(18)9-3-2-4-10(14)7-9/h2-4,7-8H,5-6H2,1H3,(H,15,17)(H,16,18). The highest BCUT2D eigenvalue weighted by atomic mass is 35.5. The van der Waals surface area contributed by atoms with Gasteiger partial charge in [0.05, 0.1) is 0 Å². The Morgan fingerprint density at radius 2 is 2.00 bits per heavy atom. The molecule has 1 aromatic rings. The maximum Gasteiger partial charge on any atom is 0.251 e. The third kappa shape index (κ3) is 4.71. The van der Waals surface area contributed by atoms with Crippen LogP contribution in [-0.2, 0) is 4.79 Å². The number of carbonyl (C=O) groups excluding carboxylic acids is 2. The Balaban J connectivity index is 2.32. The highest BCUT2D eigenvalue weighted by Gasteiger charge is 2.08. The fourth-order valence-electron chi connectivity index (χ4n) is 1.23. The summed E-state index contributed by atoms with van der Waals surface area (Å²) < 4.78 is 12.9. The first-order valence-electron chi connectivity index (χ1n) is 5.46. The van der Waals surface area contributed by atoms with Crippen LogP contribution in [0.2, 0.25) is 0 Å². The Kier molecular flexibility index (Phi) is 5.58. The predicted molar refractivity (Wildman–Crippen MR) is 67.1 cm³/mol. The van der Waals surface area contributed by atoms with Crippen LogP contribution in [0.5, 0.6) is 0 Å². The van der Waals surface area contributed by atoms with Gasteiger partial charge in [0, 0.05) is 18.7 Å². The predicted octanol–water partition coefficient (Wildman–Crippen LogP) is 1.30. The van der Waals surface area contributed by atoms with Crippen molar-refractivity contribution in [1.29, 1.82) is 0 Å². The molecule has 0 aromatic heterocycles. The molecule has 1 aromatic carbocycles. The van der Waals surface area contributed by atoms with E-state index >= 15 is 0 Å². The molecule has 0 saturated heterocycles. The van der Waals surface area contributed by atoms with E-state index in [1.165, 1.54) is 18.2 Å². The van der Waals surface area contributed by atoms with Gasteiger partial charge in [-0.2, -0.15) is 0 Å². The molecule has 18 heavy (non-hydrogen) atoms. The molecule has 0 aliphatic heterocycles. The fourth-order valence-corrected chi connectivity index (χ4v) is 1.31. The van der Waals surface area contributed by atoms with Crippen molar-refractivity contribution in [3.05, 3.63) is 35.6 Å². The summed E-state index contributed by atoms with van der Waals surface area (Å²) in [6, 6.07) is 5.38. The molecule has 4 nitrogen and oxygen atoms in total. The SMILES string of the molecule is CC(Cl)C(=O)NCCNC(=O)c1cccc(F)c1. The summed E-state index contributed by atoms with van der Waals surface area (Å²) in [7, 11) is 0. The van der Waals surface area contributed by atoms with Crippen LogP contribution < -0.4 is 10.6 Å². The van der Waals surface area contributed by atoms with Crippen molar-refractivity contribution in [3.8, 4) is 0 Å². The fraction of sp³-hybridized carbons (Fsp3) is 0.333. The number of nitrogens with one attached hydrogen (secondary N) is 2. The molecule has 0 fully saturated rings. The zero-order valence-corrected chi connectivity index (χ0v) is 10.6. The molecule has 0 spiro atoms. The molecular formula is C12H14ClFN2O2. The quantitative estimate of drug-likeness (QED) is 0.627. The lowest BCUT2D eigenvalue weighted by atomic mass is 10.2. The number of carbonyl (C=O) groups is 2. The smallest absolute Gasteiger partial charge is 0.251 e. The maximum absolute atomic E-state index is 12.9. The summed E-state index contributed by atoms with van der Waals surface area (Å²) in [6.45, 7) is 2.09. The Bertz CT molecular complexity index is 438. The molecule has 0 radical (unpaired) electrons. The number of rotatable bonds is 5. The summed E-state index contributed by atoms with van der Waals surface area (Å²) in [6.07, 6.45) is 0. The van der Waals surface area contributed by atoms with Gasteiger partial charge in [0.2, 0.25) is 5.91 Å². The number of halogens is 2. The average Bonchev–Trinajstić information content (AvgIpc) is 2.33. The highest BCUT2D eigenvalue weighted by Crippen LogP contribution is 2.02. The molecule has 0 aliphatic carbocycles. The molecule has 1 unspecified atom stereocenters. The second-order valence-electron chi connectivity index (χ2n) is 3.67. The van der Waals surface area contributed by atoms with Crippen molar-refractivity contribution in [2.24, 2.45) is 0 Å². The van der Waals surface area contributed by atoms with Crippen LogP contribution in [0, 0.1) is 5.82 Å². The van der Waals surface area contributed by atoms with Gasteiger partial charge in [-0.05, 0) is 25.1 Å². The lowest BCUT2D eigenvalue weighted by Crippen LogP contribution is -2.37. The summed E-state index contributed by atoms with van der Waals surface area (Å²) in [5, 5.41) is 4.49. The van der Waals surface area contributed by atoms with Crippen LogP contribution in [0.4, 0.5) is 4.39 Å². The van der Waals surface area contributed by atoms with E-state index in [-0.39, 0.29) is 30.5 Å². The van der Waals surface area contributed by atoms with Crippen molar-refractivity contribution in [2.75, 3.05) is 13.1 Å². The van der Waals surface area contributed by atoms with Gasteiger partial charge in [-0.1, -0.05) is 6.07 Å². The number of hydrogen-bond acceptors (Lipinski definition) is 2. The topological polar surface area (TPSA) is 58.2 Å². The van der Waals surface area contributed by atoms with E-state index in [0.717, 1.165) is 6.07 Å². The Morgan fingerprint density at radius 1 is 1.33 bits per heavy atom. The van der Waals surface area contributed by atoms with Gasteiger partial charge in [0.1, 0.15) is 11.2 Å². The second-order valence-corrected chi connectivity index (χ2v) is 4.33. The molecule has 0 bridgehead atoms. The van der Waals surface area contributed by atoms with Gasteiger partial charge in [-0.3, -0.25) is 9.59 Å². The molecule has 2 N–H and O–H groups in total. The third-order valence-corrected chi connectivity index (χ3v) is 2.36. The average molecular weight is 273 g/mol. The van der Waals surface area contributed by atoms with Gasteiger partial charge < -0.3 is 10.6 Å². The van der Waals surface area contributed by atoms with Crippen molar-refractivity contribution in [3.63, 3.8) is 0 Å². The van der Waals surface area contributed by atoms with Crippen molar-refractivity contribution in [2.45, 2.75) is 12.3 Å². The maximum atomic E-state index is 12.9. The zero-order valence-electron chi connectivity index (χ0n) is 9.87. The minimum absolute atomic E-state index is 0.243. The van der Waals surface area contributed by atoms with E-state index in [9.17, 15) is 14.0 Å². The van der Waals surface area contributed by atoms with Crippen molar-refractivity contribution in [1.82, 2.24) is 10.6 Å². The van der Waals surface area contributed by atoms with E-state index in [1.54, 1.807) is 6.92 Å². The monoisotopic (exact) mass is 272 g/mol. The molecule has 0 saturated carbocycles. The largest absolute Gasteiger partial charge is 0.353 e. The summed E-state index contributed by atoms with van der Waals surface area (Å²) in [4.78, 5) is 22.7. The molecule has 6 heteroatoms. The Morgan fingerprint density at radius 3 is 2.61 bits per heavy atom. The normalized spacial score (nSPS) is 11.7. The molecular weight excluding hydrogens is 259 g/mol. The molecule has 0 aliphatic rings. The van der Waals surface area contributed by atoms with Gasteiger partial charge in [-0.15, -0.1) is 11.6 Å². The number of alkyl halides is 1. The zero-order chi connectivity index (χ0) is 13.5. The lowest BCUT2D eigenvalue weighted by Gasteiger charge is -2.08. The Hall–Kier alpha value is -1.62. The van der Waals surface area contributed by atoms with Gasteiger partial charge in [0.15, 0.2) is 0 Å². The lowest BCUT2D eigenvalue weighted by molar-refractivity contribution is -0.120. The number of amides is 2. The minimum atomic E-state index is -0.607. The van der Waals surface area contributed by atoms with Crippen LogP contribution in [0.3, 0.4) is 0 Å². The first-order chi connectivity index (χ1) is 8.50. The number of hydrogen-bond donors (Lipinski definition) is 2. The van der Waals surface area contributed by atoms with Gasteiger partial charge in [-0.25, -0.2) is 4.39 Å². The molecule has 98 valence electrons. The summed E-state index contributed by atoms with van der Waals surface area (Å²) in [5.41, 5.74) is 0.243. The highest BCUT2D eigenvalue weighted by molar-refractivity contribution is 6.30. The van der Waals surface area contributed by atoms with Crippen LogP contribution >= 0.6 is 11.6 Å². The van der Waals surface area contributed by atoms with Crippen LogP contribution in [0.25, 0.3) is 0 Å². The van der Waals surface area contributed by atoms with E-state index in [0.29, 0.717) is 0 Å². The Labute approximate surface area is 110 Å². The minimum Gasteiger partial charge on any atom is -0.353 e. The van der Waals surface area contributed by atoms with Crippen LogP contribution in [0.1, 0.15) is 17.3 Å². The van der Waals surface area contributed by atoms with Crippen LogP contribution in [-0.4, -0.2) is 30.3 Å². The van der Waals surface area contributed by atoms with E-state index < -0.39 is 11.2 Å². The summed E-state index contributed by atoms with van der Waals surface area (Å²) >= 11 is 5.54. The first-order valence-corrected chi connectivity index (χ1v) is 5.90. The van der Waals surface area contributed by atoms with Crippen molar-refractivity contribution >= 4 is 23.4 Å². The molecule has 1 rings (SSSR count). The molecule has 2 amide bonds. The van der Waals surface area contributed by atoms with Crippen molar-refractivity contribution < 1.29 is 14.0 Å². The first kappa shape index (κ1) is 14.4.